The second-order valence-corrected chi connectivity index (χ2v) is 6.74. The largest absolute Gasteiger partial charge is 0.482 e. The molecular weight excluding hydrogens is 344 g/mol. The van der Waals surface area contributed by atoms with E-state index < -0.39 is 11.6 Å². The first-order valence-corrected chi connectivity index (χ1v) is 8.73. The molecule has 0 saturated heterocycles. The second-order valence-electron chi connectivity index (χ2n) is 6.74. The number of carbonyl (C=O) groups is 1. The van der Waals surface area contributed by atoms with Gasteiger partial charge >= 0.3 is 11.6 Å². The number of esters is 1. The second kappa shape index (κ2) is 7.66. The van der Waals surface area contributed by atoms with Crippen LogP contribution < -0.4 is 10.4 Å². The number of hydrogen-bond acceptors (Lipinski definition) is 5. The molecule has 2 aromatic carbocycles. The van der Waals surface area contributed by atoms with E-state index >= 15 is 0 Å². The Morgan fingerprint density at radius 1 is 0.963 bits per heavy atom. The van der Waals surface area contributed by atoms with Crippen LogP contribution in [0.2, 0.25) is 0 Å². The summed E-state index contributed by atoms with van der Waals surface area (Å²) < 4.78 is 16.1. The zero-order chi connectivity index (χ0) is 19.6. The normalized spacial score (nSPS) is 10.8. The lowest BCUT2D eigenvalue weighted by molar-refractivity contribution is -0.147. The summed E-state index contributed by atoms with van der Waals surface area (Å²) in [5, 5.41) is 0.765. The number of fused-ring (bicyclic) bond motifs is 1. The molecule has 3 aromatic rings. The van der Waals surface area contributed by atoms with E-state index in [9.17, 15) is 9.59 Å². The number of ether oxygens (including phenoxy) is 2. The number of carbonyl (C=O) groups excluding carboxylic acids is 1. The molecule has 0 atom stereocenters. The highest BCUT2D eigenvalue weighted by molar-refractivity contribution is 5.82. The maximum atomic E-state index is 12.1. The highest BCUT2D eigenvalue weighted by atomic mass is 16.6. The Morgan fingerprint density at radius 3 is 2.48 bits per heavy atom. The summed E-state index contributed by atoms with van der Waals surface area (Å²) in [6.45, 7) is 7.60. The Bertz CT molecular complexity index is 1060. The Labute approximate surface area is 157 Å². The summed E-state index contributed by atoms with van der Waals surface area (Å²) in [6.07, 6.45) is 0. The Hall–Kier alpha value is -3.08. The molecule has 5 nitrogen and oxygen atoms in total. The van der Waals surface area contributed by atoms with Gasteiger partial charge < -0.3 is 13.9 Å². The molecule has 0 aliphatic rings. The van der Waals surface area contributed by atoms with Gasteiger partial charge in [-0.2, -0.15) is 0 Å². The first-order valence-electron chi connectivity index (χ1n) is 8.73. The molecule has 0 radical (unpaired) electrons. The maximum absolute atomic E-state index is 12.1. The van der Waals surface area contributed by atoms with Crippen molar-refractivity contribution in [2.75, 3.05) is 6.61 Å². The van der Waals surface area contributed by atoms with Gasteiger partial charge in [0.25, 0.3) is 0 Å². The smallest absolute Gasteiger partial charge is 0.344 e. The van der Waals surface area contributed by atoms with Gasteiger partial charge in [-0.25, -0.2) is 9.59 Å². The highest BCUT2D eigenvalue weighted by Gasteiger charge is 2.11. The molecule has 0 bridgehead atoms. The molecule has 0 fully saturated rings. The van der Waals surface area contributed by atoms with Crippen molar-refractivity contribution >= 4 is 16.9 Å². The van der Waals surface area contributed by atoms with Gasteiger partial charge in [0.15, 0.2) is 6.61 Å². The molecule has 0 spiro atoms. The first-order chi connectivity index (χ1) is 12.8. The zero-order valence-corrected chi connectivity index (χ0v) is 15.9. The minimum absolute atomic E-state index is 0.0143. The van der Waals surface area contributed by atoms with E-state index in [0.717, 1.165) is 27.6 Å². The molecule has 0 amide bonds. The fourth-order valence-electron chi connectivity index (χ4n) is 2.80. The van der Waals surface area contributed by atoms with Gasteiger partial charge in [0.05, 0.1) is 0 Å². The van der Waals surface area contributed by atoms with Crippen molar-refractivity contribution in [3.05, 3.63) is 74.6 Å². The highest BCUT2D eigenvalue weighted by Crippen LogP contribution is 2.22. The number of aryl methyl sites for hydroxylation is 4. The van der Waals surface area contributed by atoms with E-state index in [-0.39, 0.29) is 13.2 Å². The lowest BCUT2D eigenvalue weighted by Crippen LogP contribution is -2.16. The predicted octanol–water partition coefficient (Wildman–Crippen LogP) is 4.15. The number of rotatable bonds is 5. The Balaban J connectivity index is 1.71. The number of benzene rings is 2. The lowest BCUT2D eigenvalue weighted by atomic mass is 10.0. The van der Waals surface area contributed by atoms with Crippen molar-refractivity contribution in [2.45, 2.75) is 34.3 Å². The summed E-state index contributed by atoms with van der Waals surface area (Å²) in [7, 11) is 0. The molecule has 0 unspecified atom stereocenters. The topological polar surface area (TPSA) is 65.7 Å². The van der Waals surface area contributed by atoms with Gasteiger partial charge in [-0.15, -0.1) is 0 Å². The van der Waals surface area contributed by atoms with Crippen molar-refractivity contribution in [1.82, 2.24) is 0 Å². The minimum atomic E-state index is -0.499. The summed E-state index contributed by atoms with van der Waals surface area (Å²) in [4.78, 5) is 23.9. The number of hydrogen-bond donors (Lipinski definition) is 0. The molecule has 27 heavy (non-hydrogen) atoms. The third-order valence-corrected chi connectivity index (χ3v) is 4.52. The molecule has 140 valence electrons. The van der Waals surface area contributed by atoms with Gasteiger partial charge in [0.2, 0.25) is 0 Å². The molecule has 0 saturated carbocycles. The van der Waals surface area contributed by atoms with Crippen LogP contribution in [-0.4, -0.2) is 12.6 Å². The zero-order valence-electron chi connectivity index (χ0n) is 15.9. The van der Waals surface area contributed by atoms with E-state index in [2.05, 4.69) is 0 Å². The predicted molar refractivity (Wildman–Crippen MR) is 103 cm³/mol. The maximum Gasteiger partial charge on any atom is 0.344 e. The van der Waals surface area contributed by atoms with Crippen LogP contribution in [0.25, 0.3) is 11.0 Å². The van der Waals surface area contributed by atoms with Crippen LogP contribution in [0.15, 0.2) is 45.6 Å². The molecule has 0 N–H and O–H groups in total. The van der Waals surface area contributed by atoms with Gasteiger partial charge in [0, 0.05) is 17.0 Å². The molecule has 1 heterocycles. The van der Waals surface area contributed by atoms with E-state index in [1.165, 1.54) is 6.07 Å². The van der Waals surface area contributed by atoms with E-state index in [0.29, 0.717) is 16.9 Å². The molecular formula is C22H22O5. The van der Waals surface area contributed by atoms with Crippen molar-refractivity contribution in [1.29, 1.82) is 0 Å². The van der Waals surface area contributed by atoms with E-state index in [1.54, 1.807) is 0 Å². The van der Waals surface area contributed by atoms with Gasteiger partial charge in [0.1, 0.15) is 17.9 Å². The summed E-state index contributed by atoms with van der Waals surface area (Å²) >= 11 is 0. The van der Waals surface area contributed by atoms with Crippen LogP contribution in [0.4, 0.5) is 0 Å². The molecule has 3 rings (SSSR count). The van der Waals surface area contributed by atoms with Gasteiger partial charge in [-0.1, -0.05) is 12.1 Å². The molecule has 1 aromatic heterocycles. The summed E-state index contributed by atoms with van der Waals surface area (Å²) in [5.74, 6) is 0.157. The van der Waals surface area contributed by atoms with E-state index in [1.807, 2.05) is 58.0 Å². The average molecular weight is 366 g/mol. The van der Waals surface area contributed by atoms with Gasteiger partial charge in [-0.3, -0.25) is 0 Å². The fraction of sp³-hybridized carbons (Fsp3) is 0.273. The molecule has 5 heteroatoms. The Morgan fingerprint density at radius 2 is 1.70 bits per heavy atom. The van der Waals surface area contributed by atoms with Crippen molar-refractivity contribution < 1.29 is 18.7 Å². The lowest BCUT2D eigenvalue weighted by Gasteiger charge is -2.11. The monoisotopic (exact) mass is 366 g/mol. The Kier molecular flexibility index (Phi) is 5.31. The van der Waals surface area contributed by atoms with Gasteiger partial charge in [-0.05, 0) is 68.1 Å². The van der Waals surface area contributed by atoms with Crippen LogP contribution in [-0.2, 0) is 16.1 Å². The fourth-order valence-corrected chi connectivity index (χ4v) is 2.80. The average Bonchev–Trinajstić information content (AvgIpc) is 2.62. The molecule has 0 aliphatic carbocycles. The SMILES string of the molecule is Cc1ccc(C)c(OCC(=O)OCc2cc(=O)oc3cc(C)c(C)cc23)c1. The van der Waals surface area contributed by atoms with Crippen LogP contribution in [0, 0.1) is 27.7 Å². The summed E-state index contributed by atoms with van der Waals surface area (Å²) in [6, 6.07) is 10.9. The van der Waals surface area contributed by atoms with Crippen LogP contribution in [0.5, 0.6) is 5.75 Å². The quantitative estimate of drug-likeness (QED) is 0.501. The van der Waals surface area contributed by atoms with E-state index in [4.69, 9.17) is 13.9 Å². The van der Waals surface area contributed by atoms with Crippen molar-refractivity contribution in [3.8, 4) is 5.75 Å². The third kappa shape index (κ3) is 4.37. The van der Waals surface area contributed by atoms with Crippen LogP contribution in [0.1, 0.15) is 27.8 Å². The standard InChI is InChI=1S/C22H22O5/c1-13-5-6-14(2)19(7-13)25-12-22(24)26-11-17-10-21(23)27-20-9-16(4)15(3)8-18(17)20/h5-10H,11-12H2,1-4H3. The summed E-state index contributed by atoms with van der Waals surface area (Å²) in [5.41, 5.74) is 4.74. The van der Waals surface area contributed by atoms with Crippen LogP contribution >= 0.6 is 0 Å². The van der Waals surface area contributed by atoms with Crippen LogP contribution in [0.3, 0.4) is 0 Å². The first kappa shape index (κ1) is 18.7. The van der Waals surface area contributed by atoms with Crippen molar-refractivity contribution in [2.24, 2.45) is 0 Å². The molecule has 0 aliphatic heterocycles. The minimum Gasteiger partial charge on any atom is -0.482 e. The third-order valence-electron chi connectivity index (χ3n) is 4.52. The van der Waals surface area contributed by atoms with Crippen molar-refractivity contribution in [3.63, 3.8) is 0 Å².